The van der Waals surface area contributed by atoms with Crippen LogP contribution in [0.3, 0.4) is 0 Å². The maximum absolute atomic E-state index is 13.8. The summed E-state index contributed by atoms with van der Waals surface area (Å²) in [7, 11) is -2.09. The topological polar surface area (TPSA) is 62.7 Å². The molecule has 0 amide bonds. The van der Waals surface area contributed by atoms with Gasteiger partial charge >= 0.3 is 0 Å². The van der Waals surface area contributed by atoms with E-state index >= 15 is 0 Å². The fraction of sp³-hybridized carbons (Fsp3) is 0.423. The van der Waals surface area contributed by atoms with Crippen molar-refractivity contribution in [2.75, 3.05) is 39.9 Å². The van der Waals surface area contributed by atoms with E-state index in [4.69, 9.17) is 4.74 Å². The van der Waals surface area contributed by atoms with Crippen LogP contribution in [0.15, 0.2) is 71.8 Å². The van der Waals surface area contributed by atoms with E-state index in [-0.39, 0.29) is 10.9 Å². The van der Waals surface area contributed by atoms with E-state index in [2.05, 4.69) is 34.1 Å². The van der Waals surface area contributed by atoms with Crippen molar-refractivity contribution in [3.05, 3.63) is 72.4 Å². The number of rotatable bonds is 10. The predicted molar refractivity (Wildman–Crippen MR) is 132 cm³/mol. The molecule has 1 aliphatic heterocycles. The highest BCUT2D eigenvalue weighted by atomic mass is 32.2. The normalized spacial score (nSPS) is 15.9. The number of aryl methyl sites for hydroxylation is 1. The minimum Gasteiger partial charge on any atom is -0.383 e. The maximum atomic E-state index is 13.8. The van der Waals surface area contributed by atoms with E-state index in [0.717, 1.165) is 50.7 Å². The highest BCUT2D eigenvalue weighted by molar-refractivity contribution is 7.89. The Labute approximate surface area is 197 Å². The molecule has 0 aliphatic carbocycles. The van der Waals surface area contributed by atoms with Gasteiger partial charge in [-0.2, -0.15) is 4.31 Å². The van der Waals surface area contributed by atoms with Gasteiger partial charge in [-0.15, -0.1) is 0 Å². The molecular weight excluding hydrogens is 434 g/mol. The third-order valence-corrected chi connectivity index (χ3v) is 8.43. The summed E-state index contributed by atoms with van der Waals surface area (Å²) >= 11 is 0. The minimum absolute atomic E-state index is 0.0329. The van der Waals surface area contributed by atoms with Crippen molar-refractivity contribution < 1.29 is 13.2 Å². The lowest BCUT2D eigenvalue weighted by Crippen LogP contribution is -2.48. The van der Waals surface area contributed by atoms with Crippen molar-refractivity contribution in [2.24, 2.45) is 0 Å². The summed E-state index contributed by atoms with van der Waals surface area (Å²) in [5.41, 5.74) is 1.90. The lowest BCUT2D eigenvalue weighted by atomic mass is 10.0. The number of fused-ring (bicyclic) bond motifs is 1. The van der Waals surface area contributed by atoms with Gasteiger partial charge in [0.2, 0.25) is 10.0 Å². The molecule has 0 N–H and O–H groups in total. The number of aromatic nitrogens is 1. The van der Waals surface area contributed by atoms with E-state index in [1.165, 1.54) is 5.56 Å². The number of pyridine rings is 1. The average molecular weight is 468 g/mol. The molecule has 2 aromatic carbocycles. The summed E-state index contributed by atoms with van der Waals surface area (Å²) < 4.78 is 34.5. The Morgan fingerprint density at radius 2 is 1.79 bits per heavy atom. The maximum Gasteiger partial charge on any atom is 0.245 e. The first kappa shape index (κ1) is 23.8. The third-order valence-electron chi connectivity index (χ3n) is 6.45. The molecule has 1 aromatic heterocycles. The number of likely N-dealkylation sites (tertiary alicyclic amines) is 1. The van der Waals surface area contributed by atoms with E-state index in [9.17, 15) is 8.42 Å². The van der Waals surface area contributed by atoms with Gasteiger partial charge in [-0.1, -0.05) is 48.5 Å². The van der Waals surface area contributed by atoms with Crippen LogP contribution < -0.4 is 0 Å². The zero-order chi connectivity index (χ0) is 23.1. The molecule has 3 aromatic rings. The van der Waals surface area contributed by atoms with Gasteiger partial charge in [-0.3, -0.25) is 4.98 Å². The zero-order valence-electron chi connectivity index (χ0n) is 19.3. The van der Waals surface area contributed by atoms with Gasteiger partial charge in [0.05, 0.1) is 12.1 Å². The van der Waals surface area contributed by atoms with Crippen molar-refractivity contribution >= 4 is 20.9 Å². The van der Waals surface area contributed by atoms with Crippen LogP contribution in [0.2, 0.25) is 0 Å². The van der Waals surface area contributed by atoms with Crippen molar-refractivity contribution in [1.29, 1.82) is 0 Å². The molecule has 7 heteroatoms. The Hall–Kier alpha value is -2.32. The fourth-order valence-electron chi connectivity index (χ4n) is 4.67. The molecule has 33 heavy (non-hydrogen) atoms. The molecule has 1 aliphatic rings. The van der Waals surface area contributed by atoms with E-state index in [1.54, 1.807) is 29.7 Å². The first-order valence-corrected chi connectivity index (χ1v) is 13.1. The number of methoxy groups -OCH3 is 1. The molecule has 0 radical (unpaired) electrons. The first-order chi connectivity index (χ1) is 16.1. The SMILES string of the molecule is COCCN(C1CCN(CCCc2ccccc2)CC1)S(=O)(=O)c1cccc2cccnc12. The molecule has 1 saturated heterocycles. The lowest BCUT2D eigenvalue weighted by molar-refractivity contribution is 0.127. The lowest BCUT2D eigenvalue weighted by Gasteiger charge is -2.38. The first-order valence-electron chi connectivity index (χ1n) is 11.7. The summed E-state index contributed by atoms with van der Waals surface area (Å²) in [4.78, 5) is 7.12. The molecule has 4 rings (SSSR count). The Bertz CT molecular complexity index is 1120. The summed E-state index contributed by atoms with van der Waals surface area (Å²) in [6, 6.07) is 19.6. The molecular formula is C26H33N3O3S. The van der Waals surface area contributed by atoms with Crippen molar-refractivity contribution in [3.8, 4) is 0 Å². The molecule has 0 saturated carbocycles. The molecule has 1 fully saturated rings. The van der Waals surface area contributed by atoms with Crippen LogP contribution in [0, 0.1) is 0 Å². The molecule has 0 unspecified atom stereocenters. The number of hydrogen-bond donors (Lipinski definition) is 0. The summed E-state index contributed by atoms with van der Waals surface area (Å²) in [6.07, 6.45) is 5.49. The highest BCUT2D eigenvalue weighted by Crippen LogP contribution is 2.28. The van der Waals surface area contributed by atoms with E-state index in [1.807, 2.05) is 24.3 Å². The predicted octanol–water partition coefficient (Wildman–Crippen LogP) is 3.97. The standard InChI is InChI=1S/C26H33N3O3S/c1-32-21-20-29(33(30,31)25-13-5-11-23-12-6-16-27-26(23)25)24-14-18-28(19-15-24)17-7-10-22-8-3-2-4-9-22/h2-6,8-9,11-13,16,24H,7,10,14-15,17-21H2,1H3. The second kappa shape index (κ2) is 11.2. The molecule has 2 heterocycles. The summed E-state index contributed by atoms with van der Waals surface area (Å²) in [6.45, 7) is 3.58. The van der Waals surface area contributed by atoms with Crippen LogP contribution in [0.1, 0.15) is 24.8 Å². The van der Waals surface area contributed by atoms with Crippen LogP contribution in [-0.4, -0.2) is 68.5 Å². The van der Waals surface area contributed by atoms with Gasteiger partial charge < -0.3 is 9.64 Å². The van der Waals surface area contributed by atoms with Gasteiger partial charge in [-0.05, 0) is 63.0 Å². The van der Waals surface area contributed by atoms with Crippen LogP contribution in [0.4, 0.5) is 0 Å². The molecule has 176 valence electrons. The Morgan fingerprint density at radius 3 is 2.55 bits per heavy atom. The number of hydrogen-bond acceptors (Lipinski definition) is 5. The quantitative estimate of drug-likeness (QED) is 0.452. The monoisotopic (exact) mass is 467 g/mol. The highest BCUT2D eigenvalue weighted by Gasteiger charge is 2.34. The molecule has 6 nitrogen and oxygen atoms in total. The van der Waals surface area contributed by atoms with Crippen molar-refractivity contribution in [1.82, 2.24) is 14.2 Å². The minimum atomic E-state index is -3.70. The second-order valence-corrected chi connectivity index (χ2v) is 10.5. The van der Waals surface area contributed by atoms with Gasteiger partial charge in [0, 0.05) is 31.3 Å². The fourth-order valence-corrected chi connectivity index (χ4v) is 6.51. The van der Waals surface area contributed by atoms with E-state index < -0.39 is 10.0 Å². The zero-order valence-corrected chi connectivity index (χ0v) is 20.1. The number of para-hydroxylation sites is 1. The van der Waals surface area contributed by atoms with Crippen LogP contribution in [0.5, 0.6) is 0 Å². The Kier molecular flexibility index (Phi) is 8.09. The second-order valence-electron chi connectivity index (χ2n) is 8.60. The molecule has 0 atom stereocenters. The van der Waals surface area contributed by atoms with Gasteiger partial charge in [0.1, 0.15) is 4.90 Å². The van der Waals surface area contributed by atoms with Crippen LogP contribution in [0.25, 0.3) is 10.9 Å². The number of benzene rings is 2. The van der Waals surface area contributed by atoms with Crippen molar-refractivity contribution in [3.63, 3.8) is 0 Å². The summed E-state index contributed by atoms with van der Waals surface area (Å²) in [5.74, 6) is 0. The van der Waals surface area contributed by atoms with Crippen molar-refractivity contribution in [2.45, 2.75) is 36.6 Å². The number of nitrogens with zero attached hydrogens (tertiary/aromatic N) is 3. The van der Waals surface area contributed by atoms with Gasteiger partial charge in [-0.25, -0.2) is 8.42 Å². The van der Waals surface area contributed by atoms with Gasteiger partial charge in [0.15, 0.2) is 0 Å². The number of piperidine rings is 1. The molecule has 0 spiro atoms. The number of sulfonamides is 1. The van der Waals surface area contributed by atoms with Crippen LogP contribution >= 0.6 is 0 Å². The average Bonchev–Trinajstić information content (AvgIpc) is 2.85. The number of ether oxygens (including phenoxy) is 1. The Balaban J connectivity index is 1.43. The Morgan fingerprint density at radius 1 is 1.03 bits per heavy atom. The largest absolute Gasteiger partial charge is 0.383 e. The smallest absolute Gasteiger partial charge is 0.245 e. The summed E-state index contributed by atoms with van der Waals surface area (Å²) in [5, 5.41) is 0.832. The third kappa shape index (κ3) is 5.79. The van der Waals surface area contributed by atoms with Crippen LogP contribution in [-0.2, 0) is 21.2 Å². The van der Waals surface area contributed by atoms with Gasteiger partial charge in [0.25, 0.3) is 0 Å². The van der Waals surface area contributed by atoms with E-state index in [0.29, 0.717) is 18.7 Å². The molecule has 0 bridgehead atoms.